The smallest absolute Gasteiger partial charge is 0.261 e. The average molecular weight is 305 g/mol. The minimum Gasteiger partial charge on any atom is -0.440 e. The molecular weight excluding hydrogens is 301 g/mol. The van der Waals surface area contributed by atoms with Crippen LogP contribution in [0.5, 0.6) is 0 Å². The summed E-state index contributed by atoms with van der Waals surface area (Å²) in [5.41, 5.74) is 0. The Bertz CT molecular complexity index is 392. The molecule has 6 heteroatoms. The van der Waals surface area contributed by atoms with E-state index in [4.69, 9.17) is 4.42 Å². The number of hydrogen-bond donors (Lipinski definition) is 0. The Morgan fingerprint density at radius 2 is 2.31 bits per heavy atom. The number of nitrogens with zero attached hydrogens (tertiary/aromatic N) is 3. The van der Waals surface area contributed by atoms with Gasteiger partial charge in [-0.3, -0.25) is 0 Å². The van der Waals surface area contributed by atoms with E-state index in [1.54, 1.807) is 12.4 Å². The van der Waals surface area contributed by atoms with Crippen molar-refractivity contribution in [3.8, 4) is 0 Å². The van der Waals surface area contributed by atoms with Crippen molar-refractivity contribution >= 4 is 34.4 Å². The lowest BCUT2D eigenvalue weighted by Crippen LogP contribution is -1.86. The first kappa shape index (κ1) is 8.95. The van der Waals surface area contributed by atoms with E-state index in [1.807, 2.05) is 0 Å². The number of oxazole rings is 1. The summed E-state index contributed by atoms with van der Waals surface area (Å²) in [4.78, 5) is 12.0. The lowest BCUT2D eigenvalue weighted by Gasteiger charge is -1.96. The molecule has 0 spiro atoms. The van der Waals surface area contributed by atoms with E-state index in [2.05, 4.69) is 37.5 Å². The van der Waals surface area contributed by atoms with Crippen molar-refractivity contribution in [2.75, 3.05) is 0 Å². The van der Waals surface area contributed by atoms with Gasteiger partial charge in [0, 0.05) is 6.20 Å². The Balaban J connectivity index is 2.24. The van der Waals surface area contributed by atoms with Crippen LogP contribution in [0.25, 0.3) is 0 Å². The molecule has 66 valence electrons. The van der Waals surface area contributed by atoms with Gasteiger partial charge >= 0.3 is 0 Å². The number of halogens is 1. The zero-order chi connectivity index (χ0) is 9.10. The minimum absolute atomic E-state index is 0.594. The summed E-state index contributed by atoms with van der Waals surface area (Å²) in [5.74, 6) is 0. The molecule has 0 aliphatic heterocycles. The van der Waals surface area contributed by atoms with Gasteiger partial charge in [-0.05, 0) is 34.4 Å². The van der Waals surface area contributed by atoms with Gasteiger partial charge in [0.2, 0.25) is 0 Å². The summed E-state index contributed by atoms with van der Waals surface area (Å²) in [6, 6.07) is 0. The fourth-order valence-electron chi connectivity index (χ4n) is 0.720. The van der Waals surface area contributed by atoms with Crippen molar-refractivity contribution in [1.29, 1.82) is 0 Å². The molecule has 0 amide bonds. The molecule has 0 saturated heterocycles. The lowest BCUT2D eigenvalue weighted by molar-refractivity contribution is 0.454. The van der Waals surface area contributed by atoms with Gasteiger partial charge in [0.15, 0.2) is 0 Å². The van der Waals surface area contributed by atoms with Gasteiger partial charge in [0.1, 0.15) is 17.6 Å². The SMILES string of the molecule is Ic1cncnc1Sc1ncco1. The molecule has 2 aromatic heterocycles. The highest BCUT2D eigenvalue weighted by Crippen LogP contribution is 2.27. The van der Waals surface area contributed by atoms with Gasteiger partial charge in [-0.1, -0.05) is 0 Å². The Morgan fingerprint density at radius 3 is 3.00 bits per heavy atom. The largest absolute Gasteiger partial charge is 0.440 e. The second-order valence-corrected chi connectivity index (χ2v) is 4.18. The second-order valence-electron chi connectivity index (χ2n) is 2.08. The van der Waals surface area contributed by atoms with Crippen LogP contribution in [-0.4, -0.2) is 15.0 Å². The predicted molar refractivity (Wildman–Crippen MR) is 55.4 cm³/mol. The van der Waals surface area contributed by atoms with Crippen LogP contribution in [0.2, 0.25) is 0 Å². The maximum absolute atomic E-state index is 5.08. The number of rotatable bonds is 2. The van der Waals surface area contributed by atoms with E-state index in [9.17, 15) is 0 Å². The summed E-state index contributed by atoms with van der Waals surface area (Å²) in [6.45, 7) is 0. The molecule has 0 saturated carbocycles. The van der Waals surface area contributed by atoms with Gasteiger partial charge in [-0.2, -0.15) is 0 Å². The molecule has 0 bridgehead atoms. The first-order chi connectivity index (χ1) is 6.36. The van der Waals surface area contributed by atoms with Crippen molar-refractivity contribution in [3.05, 3.63) is 28.6 Å². The van der Waals surface area contributed by atoms with Crippen LogP contribution in [0.15, 0.2) is 39.7 Å². The molecule has 0 aliphatic rings. The van der Waals surface area contributed by atoms with Crippen LogP contribution in [0.3, 0.4) is 0 Å². The van der Waals surface area contributed by atoms with Gasteiger partial charge in [0.05, 0.1) is 9.77 Å². The van der Waals surface area contributed by atoms with Crippen molar-refractivity contribution in [2.24, 2.45) is 0 Å². The Labute approximate surface area is 92.3 Å². The standard InChI is InChI=1S/C7H4IN3OS/c8-5-3-9-4-11-6(5)13-7-10-1-2-12-7/h1-4H. The van der Waals surface area contributed by atoms with E-state index in [0.29, 0.717) is 5.22 Å². The summed E-state index contributed by atoms with van der Waals surface area (Å²) in [6.07, 6.45) is 6.40. The maximum atomic E-state index is 5.08. The van der Waals surface area contributed by atoms with E-state index in [0.717, 1.165) is 8.60 Å². The molecule has 2 aromatic rings. The fraction of sp³-hybridized carbons (Fsp3) is 0. The van der Waals surface area contributed by atoms with Crippen LogP contribution in [0.1, 0.15) is 0 Å². The Morgan fingerprint density at radius 1 is 1.38 bits per heavy atom. The highest BCUT2D eigenvalue weighted by molar-refractivity contribution is 14.1. The topological polar surface area (TPSA) is 51.8 Å². The monoisotopic (exact) mass is 305 g/mol. The summed E-state index contributed by atoms with van der Waals surface area (Å²) in [7, 11) is 0. The van der Waals surface area contributed by atoms with Crippen molar-refractivity contribution < 1.29 is 4.42 Å². The summed E-state index contributed by atoms with van der Waals surface area (Å²) in [5, 5.41) is 1.45. The minimum atomic E-state index is 0.594. The molecule has 0 radical (unpaired) electrons. The van der Waals surface area contributed by atoms with Crippen LogP contribution in [0, 0.1) is 3.57 Å². The molecule has 0 unspecified atom stereocenters. The van der Waals surface area contributed by atoms with E-state index in [-0.39, 0.29) is 0 Å². The Kier molecular flexibility index (Phi) is 2.79. The molecular formula is C7H4IN3OS. The number of aromatic nitrogens is 3. The molecule has 4 nitrogen and oxygen atoms in total. The van der Waals surface area contributed by atoms with Gasteiger partial charge < -0.3 is 4.42 Å². The van der Waals surface area contributed by atoms with Crippen molar-refractivity contribution in [1.82, 2.24) is 15.0 Å². The maximum Gasteiger partial charge on any atom is 0.261 e. The first-order valence-corrected chi connectivity index (χ1v) is 5.28. The number of hydrogen-bond acceptors (Lipinski definition) is 5. The second kappa shape index (κ2) is 4.05. The first-order valence-electron chi connectivity index (χ1n) is 3.39. The van der Waals surface area contributed by atoms with Crippen molar-refractivity contribution in [2.45, 2.75) is 10.2 Å². The highest BCUT2D eigenvalue weighted by Gasteiger charge is 2.05. The van der Waals surface area contributed by atoms with E-state index >= 15 is 0 Å². The summed E-state index contributed by atoms with van der Waals surface area (Å²) < 4.78 is 6.07. The third-order valence-electron chi connectivity index (χ3n) is 1.23. The third kappa shape index (κ3) is 2.19. The van der Waals surface area contributed by atoms with Crippen molar-refractivity contribution in [3.63, 3.8) is 0 Å². The van der Waals surface area contributed by atoms with Gasteiger partial charge in [0.25, 0.3) is 5.22 Å². The molecule has 0 N–H and O–H groups in total. The zero-order valence-electron chi connectivity index (χ0n) is 6.35. The Hall–Kier alpha value is -0.630. The molecule has 2 rings (SSSR count). The quantitative estimate of drug-likeness (QED) is 0.629. The average Bonchev–Trinajstić information content (AvgIpc) is 2.61. The normalized spacial score (nSPS) is 10.2. The fourth-order valence-corrected chi connectivity index (χ4v) is 1.98. The molecule has 0 aromatic carbocycles. The third-order valence-corrected chi connectivity index (χ3v) is 3.28. The molecule has 2 heterocycles. The summed E-state index contributed by atoms with van der Waals surface area (Å²) >= 11 is 3.55. The van der Waals surface area contributed by atoms with E-state index < -0.39 is 0 Å². The predicted octanol–water partition coefficient (Wildman–Crippen LogP) is 2.22. The van der Waals surface area contributed by atoms with Crippen LogP contribution >= 0.6 is 34.4 Å². The van der Waals surface area contributed by atoms with Gasteiger partial charge in [-0.15, -0.1) is 0 Å². The molecule has 0 aliphatic carbocycles. The van der Waals surface area contributed by atoms with Crippen LogP contribution in [0.4, 0.5) is 0 Å². The molecule has 0 fully saturated rings. The highest BCUT2D eigenvalue weighted by atomic mass is 127. The zero-order valence-corrected chi connectivity index (χ0v) is 9.32. The molecule has 0 atom stereocenters. The molecule has 13 heavy (non-hydrogen) atoms. The van der Waals surface area contributed by atoms with Crippen LogP contribution in [-0.2, 0) is 0 Å². The van der Waals surface area contributed by atoms with E-state index in [1.165, 1.54) is 24.4 Å². The van der Waals surface area contributed by atoms with Crippen LogP contribution < -0.4 is 0 Å². The lowest BCUT2D eigenvalue weighted by atomic mass is 10.7. The van der Waals surface area contributed by atoms with Gasteiger partial charge in [-0.25, -0.2) is 15.0 Å².